The maximum absolute atomic E-state index is 6.27. The molecule has 0 fully saturated rings. The molecule has 1 aliphatic heterocycles. The smallest absolute Gasteiger partial charge is 0.519 e. The Morgan fingerprint density at radius 1 is 0.722 bits per heavy atom. The zero-order valence-electron chi connectivity index (χ0n) is 19.7. The molecule has 0 aliphatic carbocycles. The fraction of sp³-hybridized carbons (Fsp3) is 0.0333. The van der Waals surface area contributed by atoms with Crippen LogP contribution in [-0.2, 0) is 0 Å². The molecule has 0 amide bonds. The SMILES string of the molecule is CN1B(c2cccc(Sc3ccc4c5ccccc5n(-c5ccccn5)c4c3)c2)Oc2ccccc21. The van der Waals surface area contributed by atoms with Gasteiger partial charge >= 0.3 is 7.05 Å². The predicted octanol–water partition coefficient (Wildman–Crippen LogP) is 6.55. The second-order valence-corrected chi connectivity index (χ2v) is 10.1. The first-order valence-electron chi connectivity index (χ1n) is 12.0. The standard InChI is InChI=1S/C30H22BN3OS/c1-33-27-13-4-5-14-29(27)35-31(33)21-9-8-10-22(19-21)36-23-16-17-25-24-11-2-3-12-26(24)34(28(25)20-23)30-15-6-7-18-32-30/h2-20H,1H3. The van der Waals surface area contributed by atoms with E-state index in [9.17, 15) is 0 Å². The van der Waals surface area contributed by atoms with Crippen molar-refractivity contribution in [3.8, 4) is 11.6 Å². The average molecular weight is 483 g/mol. The van der Waals surface area contributed by atoms with Crippen LogP contribution in [0.2, 0.25) is 0 Å². The van der Waals surface area contributed by atoms with Crippen LogP contribution >= 0.6 is 11.8 Å². The van der Waals surface area contributed by atoms with E-state index in [-0.39, 0.29) is 7.05 Å². The van der Waals surface area contributed by atoms with Crippen molar-refractivity contribution in [3.05, 3.63) is 115 Å². The summed E-state index contributed by atoms with van der Waals surface area (Å²) in [7, 11) is 1.96. The number of fused-ring (bicyclic) bond motifs is 4. The van der Waals surface area contributed by atoms with Gasteiger partial charge in [-0.05, 0) is 67.1 Å². The fourth-order valence-corrected chi connectivity index (χ4v) is 6.00. The van der Waals surface area contributed by atoms with Crippen molar-refractivity contribution in [2.24, 2.45) is 0 Å². The summed E-state index contributed by atoms with van der Waals surface area (Å²) in [6, 6.07) is 38.1. The Bertz CT molecular complexity index is 1730. The first kappa shape index (κ1) is 21.2. The molecule has 0 atom stereocenters. The summed E-state index contributed by atoms with van der Waals surface area (Å²) in [6.45, 7) is 0. The number of para-hydroxylation sites is 3. The maximum Gasteiger partial charge on any atom is 0.519 e. The molecule has 0 radical (unpaired) electrons. The highest BCUT2D eigenvalue weighted by molar-refractivity contribution is 7.99. The van der Waals surface area contributed by atoms with E-state index < -0.39 is 0 Å². The topological polar surface area (TPSA) is 30.3 Å². The molecular weight excluding hydrogens is 461 g/mol. The van der Waals surface area contributed by atoms with Crippen LogP contribution in [0.3, 0.4) is 0 Å². The third-order valence-corrected chi connectivity index (χ3v) is 7.72. The molecule has 0 saturated heterocycles. The van der Waals surface area contributed by atoms with E-state index in [1.165, 1.54) is 20.6 Å². The molecule has 0 spiro atoms. The van der Waals surface area contributed by atoms with Crippen LogP contribution < -0.4 is 14.9 Å². The van der Waals surface area contributed by atoms with Gasteiger partial charge in [-0.3, -0.25) is 4.57 Å². The summed E-state index contributed by atoms with van der Waals surface area (Å²) >= 11 is 1.77. The van der Waals surface area contributed by atoms with E-state index in [4.69, 9.17) is 4.65 Å². The number of aromatic nitrogens is 2. The van der Waals surface area contributed by atoms with Crippen LogP contribution in [0.15, 0.2) is 125 Å². The summed E-state index contributed by atoms with van der Waals surface area (Å²) in [6.07, 6.45) is 1.85. The summed E-state index contributed by atoms with van der Waals surface area (Å²) in [5.41, 5.74) is 4.58. The molecule has 6 aromatic rings. The first-order valence-corrected chi connectivity index (χ1v) is 12.8. The molecule has 1 aliphatic rings. The molecule has 0 bridgehead atoms. The second kappa shape index (κ2) is 8.50. The van der Waals surface area contributed by atoms with Crippen LogP contribution in [0.25, 0.3) is 27.6 Å². The molecule has 3 heterocycles. The van der Waals surface area contributed by atoms with Gasteiger partial charge in [0, 0.05) is 26.8 Å². The minimum atomic E-state index is -0.128. The van der Waals surface area contributed by atoms with Crippen LogP contribution in [-0.4, -0.2) is 23.6 Å². The molecule has 0 unspecified atom stereocenters. The van der Waals surface area contributed by atoms with E-state index in [2.05, 4.69) is 100 Å². The highest BCUT2D eigenvalue weighted by Gasteiger charge is 2.35. The number of hydrogen-bond acceptors (Lipinski definition) is 4. The van der Waals surface area contributed by atoms with Gasteiger partial charge in [-0.15, -0.1) is 0 Å². The van der Waals surface area contributed by atoms with Crippen molar-refractivity contribution in [3.63, 3.8) is 0 Å². The lowest BCUT2D eigenvalue weighted by molar-refractivity contribution is 0.602. The Kier molecular flexibility index (Phi) is 5.00. The third kappa shape index (κ3) is 3.45. The number of nitrogens with zero attached hydrogens (tertiary/aromatic N) is 3. The molecule has 6 heteroatoms. The van der Waals surface area contributed by atoms with E-state index in [0.717, 1.165) is 33.8 Å². The largest absolute Gasteiger partial charge is 0.536 e. The fourth-order valence-electron chi connectivity index (χ4n) is 5.08. The Morgan fingerprint density at radius 2 is 1.53 bits per heavy atom. The molecule has 2 aromatic heterocycles. The highest BCUT2D eigenvalue weighted by Crippen LogP contribution is 2.37. The van der Waals surface area contributed by atoms with Gasteiger partial charge < -0.3 is 9.47 Å². The van der Waals surface area contributed by atoms with Gasteiger partial charge in [0.25, 0.3) is 0 Å². The number of anilines is 1. The van der Waals surface area contributed by atoms with Gasteiger partial charge in [-0.25, -0.2) is 4.98 Å². The lowest BCUT2D eigenvalue weighted by atomic mass is 9.72. The second-order valence-electron chi connectivity index (χ2n) is 8.94. The van der Waals surface area contributed by atoms with Crippen molar-refractivity contribution in [1.29, 1.82) is 0 Å². The summed E-state index contributed by atoms with van der Waals surface area (Å²) in [4.78, 5) is 9.21. The van der Waals surface area contributed by atoms with Crippen molar-refractivity contribution >= 4 is 51.8 Å². The van der Waals surface area contributed by atoms with Gasteiger partial charge in [-0.2, -0.15) is 0 Å². The maximum atomic E-state index is 6.27. The first-order chi connectivity index (χ1) is 17.8. The van der Waals surface area contributed by atoms with Gasteiger partial charge in [0.05, 0.1) is 16.7 Å². The number of hydrogen-bond donors (Lipinski definition) is 0. The number of pyridine rings is 1. The molecule has 7 rings (SSSR count). The zero-order valence-corrected chi connectivity index (χ0v) is 20.5. The Balaban J connectivity index is 1.27. The minimum absolute atomic E-state index is 0.128. The van der Waals surface area contributed by atoms with Gasteiger partial charge in [-0.1, -0.05) is 66.4 Å². The summed E-state index contributed by atoms with van der Waals surface area (Å²) in [5, 5.41) is 2.46. The monoisotopic (exact) mass is 483 g/mol. The van der Waals surface area contributed by atoms with E-state index >= 15 is 0 Å². The Morgan fingerprint density at radius 3 is 2.42 bits per heavy atom. The van der Waals surface area contributed by atoms with Gasteiger partial charge in [0.15, 0.2) is 0 Å². The normalized spacial score (nSPS) is 12.8. The number of benzene rings is 4. The molecule has 4 aromatic carbocycles. The van der Waals surface area contributed by atoms with E-state index in [1.54, 1.807) is 11.8 Å². The minimum Gasteiger partial charge on any atom is -0.536 e. The third-order valence-electron chi connectivity index (χ3n) is 6.74. The highest BCUT2D eigenvalue weighted by atomic mass is 32.2. The molecular formula is C30H22BN3OS. The van der Waals surface area contributed by atoms with Crippen molar-refractivity contribution in [2.75, 3.05) is 11.9 Å². The predicted molar refractivity (Wildman–Crippen MR) is 150 cm³/mol. The van der Waals surface area contributed by atoms with Crippen LogP contribution in [0.5, 0.6) is 5.75 Å². The Labute approximate surface area is 214 Å². The van der Waals surface area contributed by atoms with Gasteiger partial charge in [0.1, 0.15) is 11.6 Å². The molecule has 0 saturated carbocycles. The Hall–Kier alpha value is -4.16. The van der Waals surface area contributed by atoms with E-state index in [1.807, 2.05) is 36.5 Å². The van der Waals surface area contributed by atoms with Crippen molar-refractivity contribution in [1.82, 2.24) is 9.55 Å². The average Bonchev–Trinajstić information content (AvgIpc) is 3.44. The zero-order chi connectivity index (χ0) is 24.1. The summed E-state index contributed by atoms with van der Waals surface area (Å²) in [5.74, 6) is 1.85. The lowest BCUT2D eigenvalue weighted by Gasteiger charge is -2.16. The lowest BCUT2D eigenvalue weighted by Crippen LogP contribution is -2.47. The number of rotatable bonds is 4. The van der Waals surface area contributed by atoms with Crippen LogP contribution in [0.4, 0.5) is 5.69 Å². The molecule has 4 nitrogen and oxygen atoms in total. The van der Waals surface area contributed by atoms with Crippen molar-refractivity contribution < 1.29 is 4.65 Å². The summed E-state index contributed by atoms with van der Waals surface area (Å²) < 4.78 is 8.53. The van der Waals surface area contributed by atoms with Crippen molar-refractivity contribution in [2.45, 2.75) is 9.79 Å². The van der Waals surface area contributed by atoms with E-state index in [0.29, 0.717) is 0 Å². The van der Waals surface area contributed by atoms with Crippen LogP contribution in [0.1, 0.15) is 0 Å². The van der Waals surface area contributed by atoms with Crippen LogP contribution in [0, 0.1) is 0 Å². The quantitative estimate of drug-likeness (QED) is 0.266. The van der Waals surface area contributed by atoms with Gasteiger partial charge in [0.2, 0.25) is 0 Å². The molecule has 172 valence electrons. The molecule has 0 N–H and O–H groups in total. The molecule has 36 heavy (non-hydrogen) atoms.